The van der Waals surface area contributed by atoms with E-state index in [1.807, 2.05) is 37.5 Å². The molecule has 2 saturated heterocycles. The molecule has 0 saturated carbocycles. The molecule has 1 aromatic heterocycles. The molecule has 2 aliphatic heterocycles. The van der Waals surface area contributed by atoms with Gasteiger partial charge in [0.2, 0.25) is 0 Å². The Morgan fingerprint density at radius 1 is 1.19 bits per heavy atom. The van der Waals surface area contributed by atoms with Crippen LogP contribution >= 0.6 is 0 Å². The maximum atomic E-state index is 13.9. The van der Waals surface area contributed by atoms with Crippen LogP contribution in [0.2, 0.25) is 0 Å². The van der Waals surface area contributed by atoms with Crippen LogP contribution in [-0.2, 0) is 17.8 Å². The number of hydrogen-bond donors (Lipinski definition) is 0. The Bertz CT molecular complexity index is 739. The molecule has 138 valence electrons. The molecule has 3 heterocycles. The highest BCUT2D eigenvalue weighted by atomic mass is 19.1. The topological polar surface area (TPSA) is 28.6 Å². The number of morpholine rings is 1. The average molecular weight is 355 g/mol. The Morgan fingerprint density at radius 3 is 2.96 bits per heavy atom. The second-order valence-electron chi connectivity index (χ2n) is 7.36. The lowest BCUT2D eigenvalue weighted by atomic mass is 9.97. The van der Waals surface area contributed by atoms with E-state index in [1.165, 1.54) is 11.6 Å². The number of fused-ring (bicyclic) bond motifs is 1. The summed E-state index contributed by atoms with van der Waals surface area (Å²) in [5.74, 6) is -0.114. The van der Waals surface area contributed by atoms with E-state index in [2.05, 4.69) is 20.9 Å². The predicted octanol–water partition coefficient (Wildman–Crippen LogP) is 3.00. The van der Waals surface area contributed by atoms with Crippen LogP contribution in [0.3, 0.4) is 0 Å². The van der Waals surface area contributed by atoms with Gasteiger partial charge >= 0.3 is 0 Å². The molecule has 0 N–H and O–H groups in total. The molecule has 4 rings (SSSR count). The molecule has 2 aromatic rings. The summed E-state index contributed by atoms with van der Waals surface area (Å²) in [6.45, 7) is 7.28. The lowest BCUT2D eigenvalue weighted by molar-refractivity contribution is -0.107. The van der Waals surface area contributed by atoms with Gasteiger partial charge in [0.1, 0.15) is 5.82 Å². The van der Waals surface area contributed by atoms with Gasteiger partial charge < -0.3 is 4.74 Å². The summed E-state index contributed by atoms with van der Waals surface area (Å²) >= 11 is 0. The van der Waals surface area contributed by atoms with Gasteiger partial charge in [0.25, 0.3) is 0 Å². The molecule has 0 aliphatic carbocycles. The highest BCUT2D eigenvalue weighted by molar-refractivity contribution is 5.27. The van der Waals surface area contributed by atoms with Gasteiger partial charge in [-0.1, -0.05) is 18.2 Å². The third-order valence-corrected chi connectivity index (χ3v) is 5.67. The van der Waals surface area contributed by atoms with Crippen LogP contribution in [0, 0.1) is 12.7 Å². The number of nitrogens with zero attached hydrogens (tertiary/aromatic N) is 3. The van der Waals surface area contributed by atoms with Crippen molar-refractivity contribution < 1.29 is 9.13 Å². The second kappa shape index (κ2) is 7.82. The third kappa shape index (κ3) is 3.80. The summed E-state index contributed by atoms with van der Waals surface area (Å²) in [6.07, 6.45) is 5.09. The minimum atomic E-state index is -0.114. The van der Waals surface area contributed by atoms with Crippen molar-refractivity contribution in [2.45, 2.75) is 38.6 Å². The van der Waals surface area contributed by atoms with Crippen LogP contribution in [0.25, 0.3) is 0 Å². The molecular formula is C21H26FN3O. The fraction of sp³-hybridized carbons (Fsp3) is 0.476. The standard InChI is InChI=1S/C21H26FN3O/c1-16-18(5-2-6-19(16)22)14-24-9-7-21-20(15-24)25(10-11-26-21)13-17-4-3-8-23-12-17/h2-6,8,12,20-21H,7,9-11,13-15H2,1H3/t20-,21-/m0/s1. The number of rotatable bonds is 4. The second-order valence-corrected chi connectivity index (χ2v) is 7.36. The van der Waals surface area contributed by atoms with Gasteiger partial charge in [0.15, 0.2) is 0 Å². The zero-order valence-corrected chi connectivity index (χ0v) is 15.3. The monoisotopic (exact) mass is 355 g/mol. The van der Waals surface area contributed by atoms with Gasteiger partial charge in [-0.25, -0.2) is 4.39 Å². The largest absolute Gasteiger partial charge is 0.375 e. The molecule has 5 heteroatoms. The van der Waals surface area contributed by atoms with Crippen molar-refractivity contribution in [2.75, 3.05) is 26.2 Å². The SMILES string of the molecule is Cc1c(F)cccc1CN1CC[C@@H]2OCCN(Cc3cccnc3)[C@H]2C1. The number of ether oxygens (including phenoxy) is 1. The number of likely N-dealkylation sites (tertiary alicyclic amines) is 1. The zero-order valence-electron chi connectivity index (χ0n) is 15.3. The fourth-order valence-electron chi connectivity index (χ4n) is 4.14. The minimum Gasteiger partial charge on any atom is -0.375 e. The summed E-state index contributed by atoms with van der Waals surface area (Å²) in [5, 5.41) is 0. The maximum Gasteiger partial charge on any atom is 0.126 e. The van der Waals surface area contributed by atoms with Crippen molar-refractivity contribution in [3.8, 4) is 0 Å². The van der Waals surface area contributed by atoms with Crippen molar-refractivity contribution in [3.05, 3.63) is 65.2 Å². The van der Waals surface area contributed by atoms with Gasteiger partial charge in [0, 0.05) is 51.2 Å². The van der Waals surface area contributed by atoms with E-state index in [-0.39, 0.29) is 5.82 Å². The fourth-order valence-corrected chi connectivity index (χ4v) is 4.14. The van der Waals surface area contributed by atoms with Crippen LogP contribution in [0.15, 0.2) is 42.7 Å². The first-order valence-corrected chi connectivity index (χ1v) is 9.41. The number of halogens is 1. The quantitative estimate of drug-likeness (QED) is 0.843. The van der Waals surface area contributed by atoms with Crippen molar-refractivity contribution in [1.29, 1.82) is 0 Å². The highest BCUT2D eigenvalue weighted by Crippen LogP contribution is 2.26. The smallest absolute Gasteiger partial charge is 0.126 e. The van der Waals surface area contributed by atoms with Gasteiger partial charge in [-0.05, 0) is 42.2 Å². The summed E-state index contributed by atoms with van der Waals surface area (Å²) in [7, 11) is 0. The van der Waals surface area contributed by atoms with E-state index in [0.717, 1.165) is 56.9 Å². The summed E-state index contributed by atoms with van der Waals surface area (Å²) < 4.78 is 19.9. The maximum absolute atomic E-state index is 13.9. The number of aromatic nitrogens is 1. The predicted molar refractivity (Wildman–Crippen MR) is 99.2 cm³/mol. The molecule has 1 aromatic carbocycles. The Morgan fingerprint density at radius 2 is 2.12 bits per heavy atom. The van der Waals surface area contributed by atoms with Crippen LogP contribution < -0.4 is 0 Å². The molecule has 0 unspecified atom stereocenters. The lowest BCUT2D eigenvalue weighted by Crippen LogP contribution is -2.59. The van der Waals surface area contributed by atoms with E-state index < -0.39 is 0 Å². The van der Waals surface area contributed by atoms with Gasteiger partial charge in [-0.15, -0.1) is 0 Å². The molecule has 0 spiro atoms. The van der Waals surface area contributed by atoms with Gasteiger partial charge in [-0.3, -0.25) is 14.8 Å². The molecular weight excluding hydrogens is 329 g/mol. The Hall–Kier alpha value is -1.82. The first-order valence-electron chi connectivity index (χ1n) is 9.41. The van der Waals surface area contributed by atoms with Crippen molar-refractivity contribution in [3.63, 3.8) is 0 Å². The van der Waals surface area contributed by atoms with E-state index >= 15 is 0 Å². The van der Waals surface area contributed by atoms with Gasteiger partial charge in [-0.2, -0.15) is 0 Å². The normalized spacial score (nSPS) is 24.4. The molecule has 0 bridgehead atoms. The number of benzene rings is 1. The molecule has 0 amide bonds. The van der Waals surface area contributed by atoms with E-state index in [1.54, 1.807) is 0 Å². The van der Waals surface area contributed by atoms with Crippen LogP contribution in [-0.4, -0.2) is 53.2 Å². The molecule has 2 fully saturated rings. The molecule has 2 atom stereocenters. The van der Waals surface area contributed by atoms with Crippen LogP contribution in [0.4, 0.5) is 4.39 Å². The van der Waals surface area contributed by atoms with Crippen molar-refractivity contribution >= 4 is 0 Å². The lowest BCUT2D eigenvalue weighted by Gasteiger charge is -2.47. The number of pyridine rings is 1. The Labute approximate surface area is 154 Å². The first kappa shape index (κ1) is 17.6. The van der Waals surface area contributed by atoms with Crippen molar-refractivity contribution in [2.24, 2.45) is 0 Å². The van der Waals surface area contributed by atoms with Gasteiger partial charge in [0.05, 0.1) is 12.7 Å². The average Bonchev–Trinajstić information content (AvgIpc) is 2.67. The molecule has 0 radical (unpaired) electrons. The first-order chi connectivity index (χ1) is 12.7. The van der Waals surface area contributed by atoms with E-state index in [0.29, 0.717) is 12.1 Å². The Balaban J connectivity index is 1.45. The molecule has 4 nitrogen and oxygen atoms in total. The highest BCUT2D eigenvalue weighted by Gasteiger charge is 2.37. The third-order valence-electron chi connectivity index (χ3n) is 5.67. The zero-order chi connectivity index (χ0) is 17.9. The Kier molecular flexibility index (Phi) is 5.29. The van der Waals surface area contributed by atoms with Crippen LogP contribution in [0.5, 0.6) is 0 Å². The number of hydrogen-bond acceptors (Lipinski definition) is 4. The molecule has 26 heavy (non-hydrogen) atoms. The summed E-state index contributed by atoms with van der Waals surface area (Å²) in [6, 6.07) is 9.89. The number of piperidine rings is 1. The minimum absolute atomic E-state index is 0.114. The molecule has 2 aliphatic rings. The summed E-state index contributed by atoms with van der Waals surface area (Å²) in [5.41, 5.74) is 3.09. The summed E-state index contributed by atoms with van der Waals surface area (Å²) in [4.78, 5) is 9.20. The van der Waals surface area contributed by atoms with E-state index in [4.69, 9.17) is 4.74 Å². The van der Waals surface area contributed by atoms with Crippen molar-refractivity contribution in [1.82, 2.24) is 14.8 Å². The van der Waals surface area contributed by atoms with E-state index in [9.17, 15) is 4.39 Å². The van der Waals surface area contributed by atoms with Crippen LogP contribution in [0.1, 0.15) is 23.1 Å².